The van der Waals surface area contributed by atoms with Gasteiger partial charge in [-0.3, -0.25) is 0 Å². The lowest BCUT2D eigenvalue weighted by atomic mass is 10.00. The lowest BCUT2D eigenvalue weighted by Crippen LogP contribution is -2.48. The minimum Gasteiger partial charge on any atom is -0.405 e. The molecule has 0 radical (unpaired) electrons. The van der Waals surface area contributed by atoms with E-state index in [1.807, 2.05) is 6.92 Å². The van der Waals surface area contributed by atoms with Crippen LogP contribution in [0.1, 0.15) is 32.3 Å². The maximum absolute atomic E-state index is 12.5. The summed E-state index contributed by atoms with van der Waals surface area (Å²) in [5.41, 5.74) is 0.296. The molecule has 1 aliphatic heterocycles. The number of likely N-dealkylation sites (tertiary alicyclic amines) is 1. The predicted molar refractivity (Wildman–Crippen MR) is 97.4 cm³/mol. The van der Waals surface area contributed by atoms with Crippen molar-refractivity contribution >= 4 is 6.03 Å². The number of carbonyl (C=O) groups is 1. The third-order valence-corrected chi connectivity index (χ3v) is 4.60. The molecule has 1 aromatic carbocycles. The van der Waals surface area contributed by atoms with Crippen molar-refractivity contribution in [1.82, 2.24) is 15.1 Å². The first-order chi connectivity index (χ1) is 12.6. The number of para-hydroxylation sites is 1. The molecule has 1 fully saturated rings. The van der Waals surface area contributed by atoms with E-state index in [1.165, 1.54) is 29.5 Å². The second kappa shape index (κ2) is 9.30. The fourth-order valence-corrected chi connectivity index (χ4v) is 3.39. The minimum atomic E-state index is -4.77. The van der Waals surface area contributed by atoms with Gasteiger partial charge in [-0.25, -0.2) is 4.79 Å². The Balaban J connectivity index is 1.88. The summed E-state index contributed by atoms with van der Waals surface area (Å²) in [7, 11) is 1.55. The van der Waals surface area contributed by atoms with Crippen LogP contribution < -0.4 is 10.1 Å². The van der Waals surface area contributed by atoms with Gasteiger partial charge in [0.05, 0.1) is 6.54 Å². The zero-order valence-corrected chi connectivity index (χ0v) is 16.1. The molecule has 27 heavy (non-hydrogen) atoms. The van der Waals surface area contributed by atoms with Crippen LogP contribution in [0.3, 0.4) is 0 Å². The zero-order valence-electron chi connectivity index (χ0n) is 16.1. The van der Waals surface area contributed by atoms with Gasteiger partial charge >= 0.3 is 12.4 Å². The molecule has 1 N–H and O–H groups in total. The number of ether oxygens (including phenoxy) is 1. The van der Waals surface area contributed by atoms with E-state index in [2.05, 4.69) is 21.9 Å². The molecule has 1 saturated heterocycles. The zero-order chi connectivity index (χ0) is 20.0. The first-order valence-corrected chi connectivity index (χ1v) is 9.21. The Hall–Kier alpha value is -1.96. The molecule has 8 heteroatoms. The Morgan fingerprint density at radius 2 is 2.11 bits per heavy atom. The van der Waals surface area contributed by atoms with Crippen LogP contribution in [-0.4, -0.2) is 54.9 Å². The van der Waals surface area contributed by atoms with Crippen LogP contribution in [0.15, 0.2) is 24.3 Å². The van der Waals surface area contributed by atoms with E-state index in [9.17, 15) is 18.0 Å². The van der Waals surface area contributed by atoms with Crippen molar-refractivity contribution in [3.05, 3.63) is 29.8 Å². The van der Waals surface area contributed by atoms with Crippen molar-refractivity contribution in [2.45, 2.75) is 45.6 Å². The van der Waals surface area contributed by atoms with Crippen LogP contribution in [0.4, 0.5) is 18.0 Å². The van der Waals surface area contributed by atoms with Crippen molar-refractivity contribution in [1.29, 1.82) is 0 Å². The smallest absolute Gasteiger partial charge is 0.405 e. The van der Waals surface area contributed by atoms with Gasteiger partial charge in [0.1, 0.15) is 5.75 Å². The number of hydrogen-bond donors (Lipinski definition) is 1. The van der Waals surface area contributed by atoms with Crippen molar-refractivity contribution in [2.24, 2.45) is 5.92 Å². The van der Waals surface area contributed by atoms with Crippen LogP contribution in [0.2, 0.25) is 0 Å². The normalized spacial score (nSPS) is 19.4. The highest BCUT2D eigenvalue weighted by Crippen LogP contribution is 2.27. The van der Waals surface area contributed by atoms with Crippen LogP contribution in [0.25, 0.3) is 0 Å². The average Bonchev–Trinajstić information content (AvgIpc) is 2.55. The first-order valence-electron chi connectivity index (χ1n) is 9.21. The molecular weight excluding hydrogens is 359 g/mol. The molecule has 0 aliphatic carbocycles. The summed E-state index contributed by atoms with van der Waals surface area (Å²) in [5, 5.41) is 2.91. The summed E-state index contributed by atoms with van der Waals surface area (Å²) in [6.07, 6.45) is -2.37. The molecule has 0 aromatic heterocycles. The van der Waals surface area contributed by atoms with E-state index >= 15 is 0 Å². The van der Waals surface area contributed by atoms with E-state index in [1.54, 1.807) is 13.1 Å². The highest BCUT2D eigenvalue weighted by Gasteiger charge is 2.32. The van der Waals surface area contributed by atoms with Crippen LogP contribution in [0, 0.1) is 5.92 Å². The van der Waals surface area contributed by atoms with Gasteiger partial charge in [-0.05, 0) is 38.3 Å². The number of nitrogens with zero attached hydrogens (tertiary/aromatic N) is 2. The number of carbonyl (C=O) groups excluding carboxylic acids is 1. The number of nitrogens with one attached hydrogen (secondary N) is 1. The molecule has 0 saturated carbocycles. The van der Waals surface area contributed by atoms with Gasteiger partial charge in [0.15, 0.2) is 0 Å². The van der Waals surface area contributed by atoms with Gasteiger partial charge in [0.25, 0.3) is 0 Å². The molecule has 1 aromatic rings. The summed E-state index contributed by atoms with van der Waals surface area (Å²) in [6, 6.07) is 5.47. The molecule has 0 bridgehead atoms. The van der Waals surface area contributed by atoms with Gasteiger partial charge in [0, 0.05) is 31.7 Å². The van der Waals surface area contributed by atoms with Gasteiger partial charge in [0.2, 0.25) is 0 Å². The lowest BCUT2D eigenvalue weighted by Gasteiger charge is -2.33. The number of benzene rings is 1. The molecule has 0 spiro atoms. The number of piperidine rings is 1. The van der Waals surface area contributed by atoms with Crippen LogP contribution >= 0.6 is 0 Å². The third-order valence-electron chi connectivity index (χ3n) is 4.60. The van der Waals surface area contributed by atoms with Gasteiger partial charge in [-0.15, -0.1) is 13.2 Å². The van der Waals surface area contributed by atoms with Crippen molar-refractivity contribution < 1.29 is 22.7 Å². The summed E-state index contributed by atoms with van der Waals surface area (Å²) in [6.45, 7) is 7.00. The summed E-state index contributed by atoms with van der Waals surface area (Å²) >= 11 is 0. The predicted octanol–water partition coefficient (Wildman–Crippen LogP) is 3.85. The van der Waals surface area contributed by atoms with E-state index in [-0.39, 0.29) is 24.4 Å². The molecule has 2 amide bonds. The summed E-state index contributed by atoms with van der Waals surface area (Å²) < 4.78 is 41.6. The standard InChI is InChI=1S/C19H28F3N3O2/c1-14-7-6-10-25(11-14)12-15(2)23-18(26)24(3)13-16-8-4-5-9-17(16)27-19(20,21)22/h4-5,8-9,14-15H,6-7,10-13H2,1-3H3,(H,23,26). The van der Waals surface area contributed by atoms with Crippen molar-refractivity contribution in [3.8, 4) is 5.75 Å². The molecule has 2 atom stereocenters. The fourth-order valence-electron chi connectivity index (χ4n) is 3.39. The monoisotopic (exact) mass is 387 g/mol. The van der Waals surface area contributed by atoms with Gasteiger partial charge < -0.3 is 19.9 Å². The maximum atomic E-state index is 12.5. The second-order valence-electron chi connectivity index (χ2n) is 7.37. The second-order valence-corrected chi connectivity index (χ2v) is 7.37. The highest BCUT2D eigenvalue weighted by molar-refractivity contribution is 5.74. The number of halogens is 3. The van der Waals surface area contributed by atoms with Crippen LogP contribution in [0.5, 0.6) is 5.75 Å². The Morgan fingerprint density at radius 1 is 1.41 bits per heavy atom. The van der Waals surface area contributed by atoms with Gasteiger partial charge in [-0.2, -0.15) is 0 Å². The molecule has 5 nitrogen and oxygen atoms in total. The third kappa shape index (κ3) is 7.28. The average molecular weight is 387 g/mol. The van der Waals surface area contributed by atoms with E-state index in [0.717, 1.165) is 26.1 Å². The molecule has 2 rings (SSSR count). The molecule has 152 valence electrons. The maximum Gasteiger partial charge on any atom is 0.573 e. The SMILES string of the molecule is CC1CCCN(CC(C)NC(=O)N(C)Cc2ccccc2OC(F)(F)F)C1. The Kier molecular flexibility index (Phi) is 7.35. The topological polar surface area (TPSA) is 44.8 Å². The van der Waals surface area contributed by atoms with Gasteiger partial charge in [-0.1, -0.05) is 25.1 Å². The quantitative estimate of drug-likeness (QED) is 0.807. The number of rotatable bonds is 6. The van der Waals surface area contributed by atoms with E-state index < -0.39 is 6.36 Å². The lowest BCUT2D eigenvalue weighted by molar-refractivity contribution is -0.275. The highest BCUT2D eigenvalue weighted by atomic mass is 19.4. The largest absolute Gasteiger partial charge is 0.573 e. The molecule has 2 unspecified atom stereocenters. The van der Waals surface area contributed by atoms with Crippen LogP contribution in [-0.2, 0) is 6.54 Å². The molecule has 1 heterocycles. The van der Waals surface area contributed by atoms with E-state index in [4.69, 9.17) is 0 Å². The van der Waals surface area contributed by atoms with E-state index in [0.29, 0.717) is 11.5 Å². The van der Waals surface area contributed by atoms with Crippen molar-refractivity contribution in [3.63, 3.8) is 0 Å². The molecule has 1 aliphatic rings. The fraction of sp³-hybridized carbons (Fsp3) is 0.632. The first kappa shape index (κ1) is 21.3. The summed E-state index contributed by atoms with van der Waals surface area (Å²) in [5.74, 6) is 0.370. The number of hydrogen-bond acceptors (Lipinski definition) is 3. The Morgan fingerprint density at radius 3 is 2.78 bits per heavy atom. The van der Waals surface area contributed by atoms with Crippen molar-refractivity contribution in [2.75, 3.05) is 26.7 Å². The minimum absolute atomic E-state index is 0.0194. The number of alkyl halides is 3. The Labute approximate surface area is 158 Å². The number of urea groups is 1. The molecular formula is C19H28F3N3O2. The number of amides is 2. The summed E-state index contributed by atoms with van der Waals surface area (Å²) in [4.78, 5) is 16.1. The Bertz CT molecular complexity index is 624.